The zero-order valence-electron chi connectivity index (χ0n) is 9.58. The van der Waals surface area contributed by atoms with Crippen molar-refractivity contribution in [1.29, 1.82) is 0 Å². The van der Waals surface area contributed by atoms with Crippen molar-refractivity contribution < 1.29 is 9.84 Å². The molecule has 1 unspecified atom stereocenters. The number of ether oxygens (including phenoxy) is 1. The van der Waals surface area contributed by atoms with Crippen LogP contribution >= 0.6 is 0 Å². The summed E-state index contributed by atoms with van der Waals surface area (Å²) in [7, 11) is 0. The maximum Gasteiger partial charge on any atom is 0.198 e. The molecule has 90 valence electrons. The van der Waals surface area contributed by atoms with Crippen molar-refractivity contribution in [3.8, 4) is 0 Å². The Labute approximate surface area is 104 Å². The fraction of sp³-hybridized carbons (Fsp3) is 0.0714. The SMILES string of the molecule is OC1=C(c2ccccc2)C=COC1c1cc[nH]n1. The third-order valence-electron chi connectivity index (χ3n) is 2.85. The summed E-state index contributed by atoms with van der Waals surface area (Å²) >= 11 is 0. The number of rotatable bonds is 2. The van der Waals surface area contributed by atoms with Crippen molar-refractivity contribution in [3.63, 3.8) is 0 Å². The van der Waals surface area contributed by atoms with Gasteiger partial charge in [0.2, 0.25) is 0 Å². The molecule has 0 radical (unpaired) electrons. The molecule has 4 heteroatoms. The highest BCUT2D eigenvalue weighted by Crippen LogP contribution is 2.33. The number of hydrogen-bond acceptors (Lipinski definition) is 3. The molecular formula is C14H12N2O2. The number of H-pyrrole nitrogens is 1. The fourth-order valence-electron chi connectivity index (χ4n) is 1.97. The van der Waals surface area contributed by atoms with Gasteiger partial charge in [-0.05, 0) is 17.7 Å². The van der Waals surface area contributed by atoms with E-state index in [1.807, 2.05) is 30.3 Å². The molecule has 1 aliphatic heterocycles. The first-order valence-corrected chi connectivity index (χ1v) is 5.66. The van der Waals surface area contributed by atoms with Crippen LogP contribution in [0.1, 0.15) is 17.4 Å². The van der Waals surface area contributed by atoms with Gasteiger partial charge in [-0.25, -0.2) is 0 Å². The molecule has 2 N–H and O–H groups in total. The minimum Gasteiger partial charge on any atom is -0.507 e. The van der Waals surface area contributed by atoms with Gasteiger partial charge in [0.25, 0.3) is 0 Å². The lowest BCUT2D eigenvalue weighted by Crippen LogP contribution is -2.10. The average Bonchev–Trinajstić information content (AvgIpc) is 2.94. The summed E-state index contributed by atoms with van der Waals surface area (Å²) in [6, 6.07) is 11.5. The van der Waals surface area contributed by atoms with Crippen LogP contribution in [0.2, 0.25) is 0 Å². The zero-order valence-corrected chi connectivity index (χ0v) is 9.58. The van der Waals surface area contributed by atoms with Gasteiger partial charge in [-0.2, -0.15) is 5.10 Å². The minimum atomic E-state index is -0.545. The van der Waals surface area contributed by atoms with Crippen LogP contribution in [0, 0.1) is 0 Å². The lowest BCUT2D eigenvalue weighted by molar-refractivity contribution is 0.123. The van der Waals surface area contributed by atoms with Crippen LogP contribution < -0.4 is 0 Å². The molecular weight excluding hydrogens is 228 g/mol. The maximum atomic E-state index is 10.3. The van der Waals surface area contributed by atoms with Gasteiger partial charge in [0.15, 0.2) is 6.10 Å². The second-order valence-electron chi connectivity index (χ2n) is 3.98. The molecule has 0 fully saturated rings. The van der Waals surface area contributed by atoms with Gasteiger partial charge >= 0.3 is 0 Å². The molecule has 0 aliphatic carbocycles. The molecule has 0 saturated heterocycles. The van der Waals surface area contributed by atoms with Gasteiger partial charge in [-0.3, -0.25) is 5.10 Å². The molecule has 4 nitrogen and oxygen atoms in total. The van der Waals surface area contributed by atoms with Crippen molar-refractivity contribution in [2.24, 2.45) is 0 Å². The highest BCUT2D eigenvalue weighted by molar-refractivity contribution is 5.76. The standard InChI is InChI=1S/C14H12N2O2/c17-13-11(10-4-2-1-3-5-10)7-9-18-14(13)12-6-8-15-16-12/h1-9,14,17H,(H,15,16). The van der Waals surface area contributed by atoms with Gasteiger partial charge in [0.1, 0.15) is 11.5 Å². The summed E-state index contributed by atoms with van der Waals surface area (Å²) in [6.07, 6.45) is 4.50. The summed E-state index contributed by atoms with van der Waals surface area (Å²) in [4.78, 5) is 0. The fourth-order valence-corrected chi connectivity index (χ4v) is 1.97. The number of aromatic amines is 1. The Bertz CT molecular complexity index is 586. The van der Waals surface area contributed by atoms with E-state index in [-0.39, 0.29) is 5.76 Å². The smallest absolute Gasteiger partial charge is 0.198 e. The van der Waals surface area contributed by atoms with Crippen LogP contribution in [0.3, 0.4) is 0 Å². The molecule has 0 amide bonds. The quantitative estimate of drug-likeness (QED) is 0.848. The Morgan fingerprint density at radius 2 is 2.00 bits per heavy atom. The van der Waals surface area contributed by atoms with Crippen molar-refractivity contribution in [2.45, 2.75) is 6.10 Å². The third-order valence-corrected chi connectivity index (χ3v) is 2.85. The number of nitrogens with one attached hydrogen (secondary N) is 1. The molecule has 0 spiro atoms. The highest BCUT2D eigenvalue weighted by Gasteiger charge is 2.25. The largest absolute Gasteiger partial charge is 0.507 e. The monoisotopic (exact) mass is 240 g/mol. The Morgan fingerprint density at radius 3 is 2.72 bits per heavy atom. The Balaban J connectivity index is 2.03. The predicted octanol–water partition coefficient (Wildman–Crippen LogP) is 2.96. The number of allylic oxidation sites excluding steroid dienone is 2. The number of hydrogen-bond donors (Lipinski definition) is 2. The van der Waals surface area contributed by atoms with Gasteiger partial charge in [0.05, 0.1) is 6.26 Å². The van der Waals surface area contributed by atoms with Gasteiger partial charge < -0.3 is 9.84 Å². The second-order valence-corrected chi connectivity index (χ2v) is 3.98. The first-order chi connectivity index (χ1) is 8.86. The molecule has 18 heavy (non-hydrogen) atoms. The zero-order chi connectivity index (χ0) is 12.4. The van der Waals surface area contributed by atoms with E-state index in [0.717, 1.165) is 11.1 Å². The number of aromatic nitrogens is 2. The van der Waals surface area contributed by atoms with E-state index in [1.54, 1.807) is 24.6 Å². The Morgan fingerprint density at radius 1 is 1.17 bits per heavy atom. The number of aliphatic hydroxyl groups excluding tert-OH is 1. The highest BCUT2D eigenvalue weighted by atomic mass is 16.5. The van der Waals surface area contributed by atoms with Crippen molar-refractivity contribution in [3.05, 3.63) is 71.9 Å². The number of benzene rings is 1. The lowest BCUT2D eigenvalue weighted by atomic mass is 10.00. The van der Waals surface area contributed by atoms with Gasteiger partial charge in [-0.1, -0.05) is 30.3 Å². The second kappa shape index (κ2) is 4.41. The summed E-state index contributed by atoms with van der Waals surface area (Å²) < 4.78 is 5.42. The number of nitrogens with zero attached hydrogens (tertiary/aromatic N) is 1. The summed E-state index contributed by atoms with van der Waals surface area (Å²) in [5.74, 6) is 0.177. The minimum absolute atomic E-state index is 0.177. The molecule has 3 rings (SSSR count). The van der Waals surface area contributed by atoms with Crippen molar-refractivity contribution in [2.75, 3.05) is 0 Å². The molecule has 1 aromatic heterocycles. The Kier molecular flexibility index (Phi) is 2.61. The molecule has 2 aromatic rings. The van der Waals surface area contributed by atoms with Crippen LogP contribution in [0.25, 0.3) is 5.57 Å². The first kappa shape index (κ1) is 10.7. The van der Waals surface area contributed by atoms with Crippen molar-refractivity contribution >= 4 is 5.57 Å². The molecule has 0 saturated carbocycles. The van der Waals surface area contributed by atoms with Crippen molar-refractivity contribution in [1.82, 2.24) is 10.2 Å². The molecule has 1 aromatic carbocycles. The van der Waals surface area contributed by atoms with E-state index in [9.17, 15) is 5.11 Å². The van der Waals surface area contributed by atoms with E-state index >= 15 is 0 Å². The van der Waals surface area contributed by atoms with Gasteiger partial charge in [-0.15, -0.1) is 0 Å². The molecule has 0 bridgehead atoms. The van der Waals surface area contributed by atoms with Crippen LogP contribution in [0.15, 0.2) is 60.7 Å². The summed E-state index contributed by atoms with van der Waals surface area (Å²) in [6.45, 7) is 0. The Hall–Kier alpha value is -2.49. The van der Waals surface area contributed by atoms with Gasteiger partial charge in [0, 0.05) is 11.8 Å². The topological polar surface area (TPSA) is 58.1 Å². The summed E-state index contributed by atoms with van der Waals surface area (Å²) in [5, 5.41) is 17.1. The normalized spacial score (nSPS) is 18.8. The predicted molar refractivity (Wildman–Crippen MR) is 67.5 cm³/mol. The lowest BCUT2D eigenvalue weighted by Gasteiger charge is -2.20. The molecule has 2 heterocycles. The van der Waals surface area contributed by atoms with E-state index in [2.05, 4.69) is 10.2 Å². The van der Waals surface area contributed by atoms with Crippen LogP contribution in [0.5, 0.6) is 0 Å². The van der Waals surface area contributed by atoms with E-state index in [4.69, 9.17) is 4.74 Å². The van der Waals surface area contributed by atoms with E-state index in [0.29, 0.717) is 5.69 Å². The number of aliphatic hydroxyl groups is 1. The van der Waals surface area contributed by atoms with Crippen LogP contribution in [-0.4, -0.2) is 15.3 Å². The average molecular weight is 240 g/mol. The molecule has 1 aliphatic rings. The van der Waals surface area contributed by atoms with Crippen LogP contribution in [0.4, 0.5) is 0 Å². The van der Waals surface area contributed by atoms with Crippen LogP contribution in [-0.2, 0) is 4.74 Å². The van der Waals surface area contributed by atoms with E-state index in [1.165, 1.54) is 0 Å². The molecule has 1 atom stereocenters. The summed E-state index contributed by atoms with van der Waals surface area (Å²) in [5.41, 5.74) is 2.37. The first-order valence-electron chi connectivity index (χ1n) is 5.66. The van der Waals surface area contributed by atoms with E-state index < -0.39 is 6.10 Å². The maximum absolute atomic E-state index is 10.3. The third kappa shape index (κ3) is 1.78.